The fourth-order valence-corrected chi connectivity index (χ4v) is 4.42. The molecule has 2 N–H and O–H groups in total. The molecule has 4 heteroatoms. The maximum atomic E-state index is 12.7. The summed E-state index contributed by atoms with van der Waals surface area (Å²) in [6, 6.07) is 20.3. The third-order valence-corrected chi connectivity index (χ3v) is 6.22. The van der Waals surface area contributed by atoms with Crippen LogP contribution in [0.1, 0.15) is 75.6 Å². The van der Waals surface area contributed by atoms with Crippen molar-refractivity contribution in [3.8, 4) is 0 Å². The quantitative estimate of drug-likeness (QED) is 0.708. The molecule has 4 nitrogen and oxygen atoms in total. The molecule has 1 aliphatic heterocycles. The van der Waals surface area contributed by atoms with Gasteiger partial charge >= 0.3 is 0 Å². The Morgan fingerprint density at radius 1 is 0.633 bits per heavy atom. The van der Waals surface area contributed by atoms with E-state index < -0.39 is 0 Å². The molecule has 0 saturated carbocycles. The van der Waals surface area contributed by atoms with Gasteiger partial charge in [-0.1, -0.05) is 74.5 Å². The van der Waals surface area contributed by atoms with E-state index in [0.717, 1.165) is 36.8 Å². The van der Waals surface area contributed by atoms with Gasteiger partial charge in [0.25, 0.3) is 0 Å². The first-order chi connectivity index (χ1) is 14.5. The zero-order valence-electron chi connectivity index (χ0n) is 18.1. The van der Waals surface area contributed by atoms with E-state index >= 15 is 0 Å². The summed E-state index contributed by atoms with van der Waals surface area (Å²) in [7, 11) is 0. The summed E-state index contributed by atoms with van der Waals surface area (Å²) in [5.41, 5.74) is 2.26. The maximum Gasteiger partial charge on any atom is 0.220 e. The molecule has 0 spiro atoms. The minimum Gasteiger partial charge on any atom is -0.349 e. The van der Waals surface area contributed by atoms with Gasteiger partial charge < -0.3 is 10.6 Å². The van der Waals surface area contributed by atoms with Crippen LogP contribution in [-0.4, -0.2) is 11.8 Å². The monoisotopic (exact) mass is 406 g/mol. The van der Waals surface area contributed by atoms with Gasteiger partial charge in [-0.15, -0.1) is 0 Å². The lowest BCUT2D eigenvalue weighted by atomic mass is 9.88. The minimum atomic E-state index is -0.0146. The molecule has 1 saturated heterocycles. The summed E-state index contributed by atoms with van der Waals surface area (Å²) < 4.78 is 0. The third-order valence-electron chi connectivity index (χ3n) is 6.22. The molecule has 1 fully saturated rings. The number of hydrogen-bond donors (Lipinski definition) is 2. The minimum absolute atomic E-state index is 0.0146. The molecule has 3 rings (SSSR count). The number of carbonyl (C=O) groups is 2. The van der Waals surface area contributed by atoms with Crippen LogP contribution in [0.25, 0.3) is 0 Å². The van der Waals surface area contributed by atoms with Crippen LogP contribution < -0.4 is 10.6 Å². The molecular weight excluding hydrogens is 372 g/mol. The van der Waals surface area contributed by atoms with Crippen molar-refractivity contribution in [1.29, 1.82) is 0 Å². The number of nitrogens with one attached hydrogen (secondary N) is 2. The fraction of sp³-hybridized carbons (Fsp3) is 0.462. The molecule has 4 atom stereocenters. The molecule has 0 radical (unpaired) electrons. The predicted octanol–water partition coefficient (Wildman–Crippen LogP) is 5.33. The Bertz CT molecular complexity index is 737. The highest BCUT2D eigenvalue weighted by atomic mass is 16.2. The van der Waals surface area contributed by atoms with Crippen LogP contribution in [-0.2, 0) is 9.59 Å². The molecule has 30 heavy (non-hydrogen) atoms. The Hall–Kier alpha value is -2.62. The second-order valence-electron chi connectivity index (χ2n) is 8.65. The summed E-state index contributed by atoms with van der Waals surface area (Å²) in [5.74, 6) is 0.743. The van der Waals surface area contributed by atoms with Gasteiger partial charge in [0, 0.05) is 12.8 Å². The van der Waals surface area contributed by atoms with Crippen LogP contribution >= 0.6 is 0 Å². The van der Waals surface area contributed by atoms with Crippen molar-refractivity contribution in [3.63, 3.8) is 0 Å². The average molecular weight is 407 g/mol. The Morgan fingerprint density at radius 3 is 1.37 bits per heavy atom. The van der Waals surface area contributed by atoms with E-state index in [4.69, 9.17) is 0 Å². The molecule has 0 bridgehead atoms. The van der Waals surface area contributed by atoms with Gasteiger partial charge in [0.2, 0.25) is 11.8 Å². The van der Waals surface area contributed by atoms with Crippen LogP contribution in [0, 0.1) is 11.8 Å². The summed E-state index contributed by atoms with van der Waals surface area (Å²) in [5, 5.41) is 6.53. The molecule has 2 aromatic rings. The third kappa shape index (κ3) is 6.19. The van der Waals surface area contributed by atoms with Crippen molar-refractivity contribution in [2.24, 2.45) is 11.8 Å². The van der Waals surface area contributed by atoms with Crippen molar-refractivity contribution in [2.75, 3.05) is 0 Å². The largest absolute Gasteiger partial charge is 0.349 e. The maximum absolute atomic E-state index is 12.7. The highest BCUT2D eigenvalue weighted by Crippen LogP contribution is 2.29. The van der Waals surface area contributed by atoms with E-state index in [1.54, 1.807) is 0 Å². The van der Waals surface area contributed by atoms with Crippen molar-refractivity contribution >= 4 is 11.8 Å². The van der Waals surface area contributed by atoms with Crippen LogP contribution in [0.4, 0.5) is 0 Å². The second-order valence-corrected chi connectivity index (χ2v) is 8.65. The zero-order chi connectivity index (χ0) is 21.3. The van der Waals surface area contributed by atoms with Crippen molar-refractivity contribution in [1.82, 2.24) is 10.6 Å². The van der Waals surface area contributed by atoms with Gasteiger partial charge in [-0.05, 0) is 48.6 Å². The van der Waals surface area contributed by atoms with E-state index in [0.29, 0.717) is 12.8 Å². The van der Waals surface area contributed by atoms with Gasteiger partial charge in [0.05, 0.1) is 12.1 Å². The molecular formula is C26H34N2O2. The fourth-order valence-electron chi connectivity index (χ4n) is 4.42. The highest BCUT2D eigenvalue weighted by molar-refractivity contribution is 5.77. The molecule has 4 unspecified atom stereocenters. The average Bonchev–Trinajstić information content (AvgIpc) is 2.76. The summed E-state index contributed by atoms with van der Waals surface area (Å²) >= 11 is 0. The molecule has 1 aliphatic rings. The first-order valence-corrected chi connectivity index (χ1v) is 11.2. The van der Waals surface area contributed by atoms with Crippen LogP contribution in [0.15, 0.2) is 60.7 Å². The Balaban J connectivity index is 1.74. The Labute approximate surface area is 180 Å². The molecule has 0 aliphatic carbocycles. The van der Waals surface area contributed by atoms with Crippen LogP contribution in [0.3, 0.4) is 0 Å². The van der Waals surface area contributed by atoms with Crippen molar-refractivity contribution < 1.29 is 9.59 Å². The van der Waals surface area contributed by atoms with Gasteiger partial charge in [-0.25, -0.2) is 0 Å². The van der Waals surface area contributed by atoms with E-state index in [9.17, 15) is 9.59 Å². The first-order valence-electron chi connectivity index (χ1n) is 11.2. The molecule has 1 heterocycles. The van der Waals surface area contributed by atoms with E-state index in [1.165, 1.54) is 0 Å². The second kappa shape index (κ2) is 11.0. The van der Waals surface area contributed by atoms with Gasteiger partial charge in [-0.3, -0.25) is 9.59 Å². The summed E-state index contributed by atoms with van der Waals surface area (Å²) in [6.45, 7) is 4.33. The predicted molar refractivity (Wildman–Crippen MR) is 121 cm³/mol. The van der Waals surface area contributed by atoms with Gasteiger partial charge in [0.1, 0.15) is 0 Å². The summed E-state index contributed by atoms with van der Waals surface area (Å²) in [6.07, 6.45) is 4.41. The lowest BCUT2D eigenvalue weighted by Gasteiger charge is -2.28. The van der Waals surface area contributed by atoms with Gasteiger partial charge in [-0.2, -0.15) is 0 Å². The van der Waals surface area contributed by atoms with Crippen molar-refractivity contribution in [2.45, 2.75) is 64.5 Å². The number of rotatable bonds is 2. The molecule has 2 amide bonds. The Kier molecular flexibility index (Phi) is 8.06. The smallest absolute Gasteiger partial charge is 0.220 e. The number of carbonyl (C=O) groups excluding carboxylic acids is 2. The standard InChI is InChI=1S/C26H34N2O2/c1-19-11-9-17-24(30)28-26(22-15-7-4-8-16-22)20(2)12-10-18-23(29)27-25(19)21-13-5-3-6-14-21/h3-8,13-16,19-20,25-26H,9-12,17-18H2,1-2H3,(H,27,29)(H,28,30). The molecule has 2 aromatic carbocycles. The SMILES string of the molecule is CC1CCCC(=O)NC(c2ccccc2)C(C)CCCC(=O)NC1c1ccccc1. The molecule has 160 valence electrons. The molecule has 0 aromatic heterocycles. The van der Waals surface area contributed by atoms with Crippen LogP contribution in [0.2, 0.25) is 0 Å². The topological polar surface area (TPSA) is 58.2 Å². The van der Waals surface area contributed by atoms with E-state index in [1.807, 2.05) is 36.4 Å². The highest BCUT2D eigenvalue weighted by Gasteiger charge is 2.25. The van der Waals surface area contributed by atoms with Gasteiger partial charge in [0.15, 0.2) is 0 Å². The number of hydrogen-bond acceptors (Lipinski definition) is 2. The normalized spacial score (nSPS) is 26.9. The zero-order valence-corrected chi connectivity index (χ0v) is 18.1. The lowest BCUT2D eigenvalue weighted by Crippen LogP contribution is -2.35. The number of benzene rings is 2. The van der Waals surface area contributed by atoms with Crippen molar-refractivity contribution in [3.05, 3.63) is 71.8 Å². The van der Waals surface area contributed by atoms with E-state index in [-0.39, 0.29) is 35.7 Å². The Morgan fingerprint density at radius 2 is 1.00 bits per heavy atom. The van der Waals surface area contributed by atoms with E-state index in [2.05, 4.69) is 48.7 Å². The van der Waals surface area contributed by atoms with Crippen LogP contribution in [0.5, 0.6) is 0 Å². The number of amides is 2. The lowest BCUT2D eigenvalue weighted by molar-refractivity contribution is -0.124. The first kappa shape index (κ1) is 22.1. The summed E-state index contributed by atoms with van der Waals surface area (Å²) in [4.78, 5) is 25.4.